The number of nitrogens with zero attached hydrogens (tertiary/aromatic N) is 1. The van der Waals surface area contributed by atoms with Gasteiger partial charge in [0.15, 0.2) is 0 Å². The number of hydrogen-bond donors (Lipinski definition) is 2. The zero-order valence-electron chi connectivity index (χ0n) is 12.2. The van der Waals surface area contributed by atoms with Crippen molar-refractivity contribution in [3.8, 4) is 11.3 Å². The predicted octanol–water partition coefficient (Wildman–Crippen LogP) is 2.72. The van der Waals surface area contributed by atoms with Gasteiger partial charge in [0.2, 0.25) is 0 Å². The second-order valence-corrected chi connectivity index (χ2v) is 5.10. The molecule has 108 valence electrons. The number of ether oxygens (including phenoxy) is 1. The highest BCUT2D eigenvalue weighted by molar-refractivity contribution is 5.58. The number of aromatic amines is 1. The van der Waals surface area contributed by atoms with E-state index in [1.54, 1.807) is 7.11 Å². The first-order chi connectivity index (χ1) is 9.74. The number of methoxy groups -OCH3 is 1. The molecule has 0 radical (unpaired) electrons. The van der Waals surface area contributed by atoms with Gasteiger partial charge < -0.3 is 15.5 Å². The normalized spacial score (nSPS) is 12.6. The van der Waals surface area contributed by atoms with Gasteiger partial charge in [-0.25, -0.2) is 4.98 Å². The van der Waals surface area contributed by atoms with Gasteiger partial charge in [-0.15, -0.1) is 0 Å². The van der Waals surface area contributed by atoms with Gasteiger partial charge in [-0.2, -0.15) is 0 Å². The first kappa shape index (κ1) is 14.8. The van der Waals surface area contributed by atoms with Crippen molar-refractivity contribution in [2.75, 3.05) is 20.3 Å². The molecule has 0 aliphatic carbocycles. The number of nitrogens with one attached hydrogen (secondary N) is 1. The number of imidazole rings is 1. The molecule has 0 fully saturated rings. The van der Waals surface area contributed by atoms with Crippen LogP contribution >= 0.6 is 0 Å². The van der Waals surface area contributed by atoms with Gasteiger partial charge in [-0.05, 0) is 30.5 Å². The second-order valence-electron chi connectivity index (χ2n) is 5.10. The van der Waals surface area contributed by atoms with E-state index in [1.807, 2.05) is 6.20 Å². The van der Waals surface area contributed by atoms with Gasteiger partial charge in [0.1, 0.15) is 5.82 Å². The lowest BCUT2D eigenvalue weighted by molar-refractivity contribution is 0.202. The maximum atomic E-state index is 5.59. The Bertz CT molecular complexity index is 519. The van der Waals surface area contributed by atoms with E-state index in [1.165, 1.54) is 5.56 Å². The summed E-state index contributed by atoms with van der Waals surface area (Å²) < 4.78 is 5.09. The van der Waals surface area contributed by atoms with Crippen LogP contribution in [0.2, 0.25) is 0 Å². The first-order valence-electron chi connectivity index (χ1n) is 7.07. The Hall–Kier alpha value is -1.65. The van der Waals surface area contributed by atoms with E-state index in [0.717, 1.165) is 36.5 Å². The third kappa shape index (κ3) is 3.68. The summed E-state index contributed by atoms with van der Waals surface area (Å²) in [5, 5.41) is 0. The minimum absolute atomic E-state index is 0.370. The van der Waals surface area contributed by atoms with Crippen molar-refractivity contribution in [1.82, 2.24) is 9.97 Å². The third-order valence-corrected chi connectivity index (χ3v) is 3.52. The molecule has 1 unspecified atom stereocenters. The molecule has 0 saturated carbocycles. The summed E-state index contributed by atoms with van der Waals surface area (Å²) in [6, 6.07) is 8.52. The molecule has 0 aliphatic heterocycles. The Labute approximate surface area is 120 Å². The monoisotopic (exact) mass is 273 g/mol. The molecule has 1 aromatic carbocycles. The average molecular weight is 273 g/mol. The second kappa shape index (κ2) is 7.22. The van der Waals surface area contributed by atoms with Crippen LogP contribution in [0.15, 0.2) is 30.5 Å². The molecule has 0 spiro atoms. The largest absolute Gasteiger partial charge is 0.384 e. The number of aromatic nitrogens is 2. The van der Waals surface area contributed by atoms with Crippen LogP contribution in [0.4, 0.5) is 0 Å². The molecule has 0 saturated heterocycles. The molecular formula is C16H23N3O. The number of hydrogen-bond acceptors (Lipinski definition) is 3. The molecule has 0 amide bonds. The number of benzene rings is 1. The third-order valence-electron chi connectivity index (χ3n) is 3.52. The van der Waals surface area contributed by atoms with Crippen LogP contribution in [0.5, 0.6) is 0 Å². The van der Waals surface area contributed by atoms with Crippen molar-refractivity contribution in [1.29, 1.82) is 0 Å². The summed E-state index contributed by atoms with van der Waals surface area (Å²) in [5.74, 6) is 1.38. The average Bonchev–Trinajstić information content (AvgIpc) is 2.96. The SMILES string of the molecule is COCCc1ccc(-c2cnc(C(C)CCN)[nH]2)cc1. The number of nitrogens with two attached hydrogens (primary N) is 1. The van der Waals surface area contributed by atoms with E-state index in [4.69, 9.17) is 10.5 Å². The highest BCUT2D eigenvalue weighted by Gasteiger charge is 2.09. The van der Waals surface area contributed by atoms with E-state index in [-0.39, 0.29) is 0 Å². The molecule has 1 atom stereocenters. The summed E-state index contributed by atoms with van der Waals surface area (Å²) in [5.41, 5.74) is 9.09. The van der Waals surface area contributed by atoms with Crippen LogP contribution in [-0.4, -0.2) is 30.2 Å². The zero-order valence-corrected chi connectivity index (χ0v) is 12.2. The van der Waals surface area contributed by atoms with Crippen LogP contribution < -0.4 is 5.73 Å². The van der Waals surface area contributed by atoms with Crippen LogP contribution in [0.25, 0.3) is 11.3 Å². The fraction of sp³-hybridized carbons (Fsp3) is 0.438. The molecule has 4 nitrogen and oxygen atoms in total. The Kier molecular flexibility index (Phi) is 5.32. The van der Waals surface area contributed by atoms with Gasteiger partial charge in [0.25, 0.3) is 0 Å². The molecule has 4 heteroatoms. The molecular weight excluding hydrogens is 250 g/mol. The highest BCUT2D eigenvalue weighted by Crippen LogP contribution is 2.22. The van der Waals surface area contributed by atoms with Gasteiger partial charge in [-0.3, -0.25) is 0 Å². The van der Waals surface area contributed by atoms with E-state index >= 15 is 0 Å². The molecule has 3 N–H and O–H groups in total. The van der Waals surface area contributed by atoms with Crippen molar-refractivity contribution in [2.24, 2.45) is 5.73 Å². The van der Waals surface area contributed by atoms with E-state index < -0.39 is 0 Å². The number of H-pyrrole nitrogens is 1. The van der Waals surface area contributed by atoms with E-state index in [2.05, 4.69) is 41.2 Å². The summed E-state index contributed by atoms with van der Waals surface area (Å²) in [4.78, 5) is 7.84. The topological polar surface area (TPSA) is 63.9 Å². The minimum atomic E-state index is 0.370. The molecule has 1 heterocycles. The van der Waals surface area contributed by atoms with Crippen LogP contribution in [-0.2, 0) is 11.2 Å². The van der Waals surface area contributed by atoms with Gasteiger partial charge in [-0.1, -0.05) is 31.2 Å². The Morgan fingerprint density at radius 2 is 2.05 bits per heavy atom. The molecule has 2 aromatic rings. The predicted molar refractivity (Wildman–Crippen MR) is 81.7 cm³/mol. The quantitative estimate of drug-likeness (QED) is 0.815. The maximum absolute atomic E-state index is 5.59. The smallest absolute Gasteiger partial charge is 0.109 e. The van der Waals surface area contributed by atoms with E-state index in [9.17, 15) is 0 Å². The Balaban J connectivity index is 2.07. The molecule has 20 heavy (non-hydrogen) atoms. The Morgan fingerprint density at radius 3 is 2.70 bits per heavy atom. The summed E-state index contributed by atoms with van der Waals surface area (Å²) >= 11 is 0. The lowest BCUT2D eigenvalue weighted by Gasteiger charge is -2.06. The van der Waals surface area contributed by atoms with Crippen molar-refractivity contribution in [3.05, 3.63) is 41.9 Å². The van der Waals surface area contributed by atoms with Gasteiger partial charge >= 0.3 is 0 Å². The van der Waals surface area contributed by atoms with Crippen molar-refractivity contribution >= 4 is 0 Å². The number of rotatable bonds is 7. The lowest BCUT2D eigenvalue weighted by atomic mass is 10.1. The van der Waals surface area contributed by atoms with Crippen molar-refractivity contribution in [2.45, 2.75) is 25.7 Å². The first-order valence-corrected chi connectivity index (χ1v) is 7.07. The van der Waals surface area contributed by atoms with Gasteiger partial charge in [0, 0.05) is 13.0 Å². The summed E-state index contributed by atoms with van der Waals surface area (Å²) in [6.07, 6.45) is 3.79. The van der Waals surface area contributed by atoms with E-state index in [0.29, 0.717) is 12.5 Å². The van der Waals surface area contributed by atoms with Crippen LogP contribution in [0, 0.1) is 0 Å². The molecule has 1 aromatic heterocycles. The lowest BCUT2D eigenvalue weighted by Crippen LogP contribution is -2.05. The van der Waals surface area contributed by atoms with Crippen molar-refractivity contribution in [3.63, 3.8) is 0 Å². The zero-order chi connectivity index (χ0) is 14.4. The van der Waals surface area contributed by atoms with Crippen LogP contribution in [0.3, 0.4) is 0 Å². The maximum Gasteiger partial charge on any atom is 0.109 e. The molecule has 0 bridgehead atoms. The fourth-order valence-corrected chi connectivity index (χ4v) is 2.19. The molecule has 2 rings (SSSR count). The minimum Gasteiger partial charge on any atom is -0.384 e. The Morgan fingerprint density at radius 1 is 1.30 bits per heavy atom. The fourth-order valence-electron chi connectivity index (χ4n) is 2.19. The summed E-state index contributed by atoms with van der Waals surface area (Å²) in [7, 11) is 1.73. The van der Waals surface area contributed by atoms with Gasteiger partial charge in [0.05, 0.1) is 18.5 Å². The summed E-state index contributed by atoms with van der Waals surface area (Å²) in [6.45, 7) is 3.58. The standard InChI is InChI=1S/C16H23N3O/c1-12(7-9-17)16-18-11-15(19-16)14-5-3-13(4-6-14)8-10-20-2/h3-6,11-12H,7-10,17H2,1-2H3,(H,18,19). The molecule has 0 aliphatic rings. The van der Waals surface area contributed by atoms with Crippen molar-refractivity contribution < 1.29 is 4.74 Å². The van der Waals surface area contributed by atoms with Crippen LogP contribution in [0.1, 0.15) is 30.7 Å². The highest BCUT2D eigenvalue weighted by atomic mass is 16.5.